The molecule has 10 heteroatoms. The lowest BCUT2D eigenvalue weighted by atomic mass is 10.5. The van der Waals surface area contributed by atoms with Crippen LogP contribution in [-0.2, 0) is 26.6 Å². The minimum absolute atomic E-state index is 0.352. The molecule has 2 atom stereocenters. The van der Waals surface area contributed by atoms with Crippen LogP contribution in [-0.4, -0.2) is 67.8 Å². The smallest absolute Gasteiger partial charge is 0.373 e. The number of hydrogen-bond acceptors (Lipinski definition) is 8. The van der Waals surface area contributed by atoms with Gasteiger partial charge in [0.25, 0.3) is 0 Å². The van der Waals surface area contributed by atoms with E-state index in [9.17, 15) is 0 Å². The maximum absolute atomic E-state index is 6.29. The third-order valence-electron chi connectivity index (χ3n) is 4.62. The SMILES string of the molecule is CCCO[Si](CC(C)SSC(C)C[Si](OCCC)(OCCC)OCCC)(OCCC)OCCC. The van der Waals surface area contributed by atoms with E-state index in [1.807, 2.05) is 21.6 Å². The lowest BCUT2D eigenvalue weighted by Crippen LogP contribution is -2.48. The Labute approximate surface area is 221 Å². The highest BCUT2D eigenvalue weighted by Crippen LogP contribution is 2.39. The molecule has 206 valence electrons. The van der Waals surface area contributed by atoms with Crippen LogP contribution in [0.1, 0.15) is 93.9 Å². The third kappa shape index (κ3) is 15.9. The molecule has 0 bridgehead atoms. The van der Waals surface area contributed by atoms with E-state index in [1.165, 1.54) is 0 Å². The Hall–Kier alpha value is 0.894. The summed E-state index contributed by atoms with van der Waals surface area (Å²) >= 11 is 0. The molecule has 0 N–H and O–H groups in total. The summed E-state index contributed by atoms with van der Waals surface area (Å²) in [5.74, 6) is 0. The van der Waals surface area contributed by atoms with Crippen LogP contribution in [0.3, 0.4) is 0 Å². The minimum Gasteiger partial charge on any atom is -0.373 e. The van der Waals surface area contributed by atoms with Gasteiger partial charge in [0.05, 0.1) is 0 Å². The molecule has 0 aromatic rings. The van der Waals surface area contributed by atoms with Gasteiger partial charge in [0.1, 0.15) is 0 Å². The van der Waals surface area contributed by atoms with Gasteiger partial charge in [-0.15, -0.1) is 0 Å². The van der Waals surface area contributed by atoms with E-state index >= 15 is 0 Å². The minimum atomic E-state index is -2.69. The average molecular weight is 559 g/mol. The second-order valence-corrected chi connectivity index (χ2v) is 17.1. The van der Waals surface area contributed by atoms with Crippen molar-refractivity contribution in [3.63, 3.8) is 0 Å². The van der Waals surface area contributed by atoms with Gasteiger partial charge < -0.3 is 26.6 Å². The molecule has 0 aromatic carbocycles. The van der Waals surface area contributed by atoms with Crippen LogP contribution < -0.4 is 0 Å². The van der Waals surface area contributed by atoms with Crippen LogP contribution in [0.4, 0.5) is 0 Å². The summed E-state index contributed by atoms with van der Waals surface area (Å²) in [5.41, 5.74) is 0. The lowest BCUT2D eigenvalue weighted by molar-refractivity contribution is 0.0587. The van der Waals surface area contributed by atoms with Gasteiger partial charge in [-0.05, 0) is 38.5 Å². The molecule has 0 spiro atoms. The quantitative estimate of drug-likeness (QED) is 0.0839. The van der Waals surface area contributed by atoms with Crippen molar-refractivity contribution >= 4 is 39.2 Å². The predicted molar refractivity (Wildman–Crippen MR) is 153 cm³/mol. The maximum atomic E-state index is 6.29. The third-order valence-corrected chi connectivity index (χ3v) is 14.7. The van der Waals surface area contributed by atoms with E-state index < -0.39 is 17.6 Å². The molecule has 0 radical (unpaired) electrons. The summed E-state index contributed by atoms with van der Waals surface area (Å²) in [4.78, 5) is 0. The van der Waals surface area contributed by atoms with Crippen LogP contribution in [0.25, 0.3) is 0 Å². The molecule has 2 unspecified atom stereocenters. The first-order chi connectivity index (χ1) is 16.4. The van der Waals surface area contributed by atoms with E-state index in [4.69, 9.17) is 26.6 Å². The molecule has 0 rings (SSSR count). The van der Waals surface area contributed by atoms with Gasteiger partial charge in [0.15, 0.2) is 0 Å². The van der Waals surface area contributed by atoms with Gasteiger partial charge in [-0.1, -0.05) is 77.0 Å². The fourth-order valence-corrected chi connectivity index (χ4v) is 13.3. The molecule has 0 saturated heterocycles. The van der Waals surface area contributed by atoms with E-state index in [1.54, 1.807) is 0 Å². The van der Waals surface area contributed by atoms with Gasteiger partial charge in [-0.25, -0.2) is 0 Å². The lowest BCUT2D eigenvalue weighted by Gasteiger charge is -2.33. The Morgan fingerprint density at radius 1 is 0.441 bits per heavy atom. The zero-order valence-corrected chi connectivity index (χ0v) is 27.0. The Morgan fingerprint density at radius 3 is 0.824 bits per heavy atom. The summed E-state index contributed by atoms with van der Waals surface area (Å²) < 4.78 is 37.8. The van der Waals surface area contributed by atoms with Crippen molar-refractivity contribution < 1.29 is 26.6 Å². The monoisotopic (exact) mass is 558 g/mol. The second kappa shape index (κ2) is 21.9. The van der Waals surface area contributed by atoms with Gasteiger partial charge in [0.2, 0.25) is 0 Å². The highest BCUT2D eigenvalue weighted by atomic mass is 33.1. The summed E-state index contributed by atoms with van der Waals surface area (Å²) in [7, 11) is -1.60. The zero-order valence-electron chi connectivity index (χ0n) is 23.3. The van der Waals surface area contributed by atoms with Gasteiger partial charge in [0, 0.05) is 62.2 Å². The van der Waals surface area contributed by atoms with E-state index in [-0.39, 0.29) is 0 Å². The predicted octanol–water partition coefficient (Wildman–Crippen LogP) is 7.58. The molecule has 0 heterocycles. The zero-order chi connectivity index (χ0) is 25.7. The summed E-state index contributed by atoms with van der Waals surface area (Å²) in [5, 5.41) is 0.705. The van der Waals surface area contributed by atoms with Gasteiger partial charge >= 0.3 is 17.6 Å². The molecule has 0 aliphatic carbocycles. The normalized spacial score (nSPS) is 14.5. The van der Waals surface area contributed by atoms with Gasteiger partial charge in [-0.2, -0.15) is 0 Å². The molecule has 0 aliphatic rings. The largest absolute Gasteiger partial charge is 0.502 e. The summed E-state index contributed by atoms with van der Waals surface area (Å²) in [6.45, 7) is 21.4. The van der Waals surface area contributed by atoms with E-state index in [0.717, 1.165) is 50.6 Å². The Balaban J connectivity index is 5.14. The van der Waals surface area contributed by atoms with Crippen LogP contribution >= 0.6 is 21.6 Å². The summed E-state index contributed by atoms with van der Waals surface area (Å²) in [6, 6.07) is 1.65. The molecule has 0 aromatic heterocycles. The van der Waals surface area contributed by atoms with E-state index in [0.29, 0.717) is 50.1 Å². The molecule has 0 amide bonds. The van der Waals surface area contributed by atoms with Crippen molar-refractivity contribution in [2.45, 2.75) is 117 Å². The highest BCUT2D eigenvalue weighted by Gasteiger charge is 2.44. The molecular formula is C24H54O6S2Si2. The Bertz CT molecular complexity index is 382. The molecule has 0 fully saturated rings. The summed E-state index contributed by atoms with van der Waals surface area (Å²) in [6.07, 6.45) is 5.79. The van der Waals surface area contributed by atoms with Gasteiger partial charge in [-0.3, -0.25) is 0 Å². The average Bonchev–Trinajstić information content (AvgIpc) is 2.84. The van der Waals surface area contributed by atoms with Crippen molar-refractivity contribution in [1.82, 2.24) is 0 Å². The number of rotatable bonds is 25. The fraction of sp³-hybridized carbons (Fsp3) is 1.00. The first kappa shape index (κ1) is 34.9. The Morgan fingerprint density at radius 2 is 0.647 bits per heavy atom. The van der Waals surface area contributed by atoms with E-state index in [2.05, 4.69) is 55.4 Å². The van der Waals surface area contributed by atoms with Crippen molar-refractivity contribution in [3.05, 3.63) is 0 Å². The van der Waals surface area contributed by atoms with Crippen LogP contribution in [0.2, 0.25) is 12.1 Å². The van der Waals surface area contributed by atoms with Crippen molar-refractivity contribution in [2.75, 3.05) is 39.6 Å². The topological polar surface area (TPSA) is 55.4 Å². The van der Waals surface area contributed by atoms with Crippen LogP contribution in [0.15, 0.2) is 0 Å². The number of hydrogen-bond donors (Lipinski definition) is 0. The second-order valence-electron chi connectivity index (χ2n) is 8.68. The maximum Gasteiger partial charge on any atom is 0.502 e. The first-order valence-corrected chi connectivity index (χ1v) is 19.7. The van der Waals surface area contributed by atoms with Crippen LogP contribution in [0.5, 0.6) is 0 Å². The fourth-order valence-electron chi connectivity index (χ4n) is 3.11. The first-order valence-electron chi connectivity index (χ1n) is 13.5. The van der Waals surface area contributed by atoms with Crippen molar-refractivity contribution in [2.24, 2.45) is 0 Å². The molecule has 0 aliphatic heterocycles. The van der Waals surface area contributed by atoms with Crippen molar-refractivity contribution in [3.8, 4) is 0 Å². The highest BCUT2D eigenvalue weighted by molar-refractivity contribution is 8.77. The molecule has 6 nitrogen and oxygen atoms in total. The molecule has 0 saturated carbocycles. The van der Waals surface area contributed by atoms with Crippen LogP contribution in [0, 0.1) is 0 Å². The standard InChI is InChI=1S/C24H54O6S2Si2/c1-9-15-25-33(26-16-10-2,27-17-11-3)21-23(7)31-32-24(8)22-34(28-18-12-4,29-19-13-5)30-20-14-6/h23-24H,9-22H2,1-8H3. The molecular weight excluding hydrogens is 505 g/mol. The Kier molecular flexibility index (Phi) is 22.5. The van der Waals surface area contributed by atoms with Crippen molar-refractivity contribution in [1.29, 1.82) is 0 Å². The molecule has 34 heavy (non-hydrogen) atoms.